The summed E-state index contributed by atoms with van der Waals surface area (Å²) in [5.41, 5.74) is 2.58. The van der Waals surface area contributed by atoms with Crippen LogP contribution in [0.3, 0.4) is 0 Å². The van der Waals surface area contributed by atoms with E-state index in [9.17, 15) is 0 Å². The summed E-state index contributed by atoms with van der Waals surface area (Å²) in [5, 5.41) is 8.03. The Morgan fingerprint density at radius 2 is 2.17 bits per heavy atom. The van der Waals surface area contributed by atoms with Crippen molar-refractivity contribution in [1.82, 2.24) is 15.1 Å². The maximum atomic E-state index is 4.54. The molecule has 3 nitrogen and oxygen atoms in total. The van der Waals surface area contributed by atoms with E-state index in [2.05, 4.69) is 42.2 Å². The molecule has 18 heavy (non-hydrogen) atoms. The predicted octanol–water partition coefficient (Wildman–Crippen LogP) is 2.69. The summed E-state index contributed by atoms with van der Waals surface area (Å²) in [5.74, 6) is 0.946. The minimum atomic E-state index is 0.605. The third kappa shape index (κ3) is 3.35. The summed E-state index contributed by atoms with van der Waals surface area (Å²) in [6, 6.07) is 2.87. The molecular formula is C15H27N3. The smallest absolute Gasteiger partial charge is 0.0624 e. The summed E-state index contributed by atoms with van der Waals surface area (Å²) in [6.45, 7) is 2.17. The molecule has 1 fully saturated rings. The highest BCUT2D eigenvalue weighted by Crippen LogP contribution is 2.29. The van der Waals surface area contributed by atoms with Crippen molar-refractivity contribution in [2.45, 2.75) is 57.9 Å². The van der Waals surface area contributed by atoms with Crippen LogP contribution in [0.1, 0.15) is 50.4 Å². The van der Waals surface area contributed by atoms with Crippen LogP contribution in [0.2, 0.25) is 0 Å². The average Bonchev–Trinajstić information content (AvgIpc) is 2.99. The molecule has 0 spiro atoms. The van der Waals surface area contributed by atoms with Crippen LogP contribution in [0.15, 0.2) is 6.07 Å². The minimum absolute atomic E-state index is 0.605. The van der Waals surface area contributed by atoms with Crippen LogP contribution in [0.4, 0.5) is 0 Å². The highest BCUT2D eigenvalue weighted by molar-refractivity contribution is 5.11. The number of nitrogens with one attached hydrogen (secondary N) is 1. The largest absolute Gasteiger partial charge is 0.317 e. The quantitative estimate of drug-likeness (QED) is 0.840. The van der Waals surface area contributed by atoms with E-state index in [1.807, 2.05) is 0 Å². The van der Waals surface area contributed by atoms with Gasteiger partial charge in [0.1, 0.15) is 0 Å². The van der Waals surface area contributed by atoms with Gasteiger partial charge in [-0.3, -0.25) is 4.68 Å². The second-order valence-electron chi connectivity index (χ2n) is 5.68. The first-order chi connectivity index (χ1) is 8.72. The van der Waals surface area contributed by atoms with Gasteiger partial charge in [-0.15, -0.1) is 0 Å². The molecule has 0 radical (unpaired) electrons. The predicted molar refractivity (Wildman–Crippen MR) is 75.7 cm³/mol. The average molecular weight is 249 g/mol. The molecule has 1 atom stereocenters. The lowest BCUT2D eigenvalue weighted by atomic mass is 9.95. The van der Waals surface area contributed by atoms with E-state index < -0.39 is 0 Å². The van der Waals surface area contributed by atoms with Gasteiger partial charge in [-0.2, -0.15) is 5.10 Å². The minimum Gasteiger partial charge on any atom is -0.317 e. The first-order valence-electron chi connectivity index (χ1n) is 7.42. The number of hydrogen-bond acceptors (Lipinski definition) is 2. The van der Waals surface area contributed by atoms with Crippen molar-refractivity contribution in [3.8, 4) is 0 Å². The monoisotopic (exact) mass is 249 g/mol. The number of likely N-dealkylation sites (N-methyl/N-ethyl adjacent to an activating group) is 1. The second kappa shape index (κ2) is 6.37. The number of rotatable bonds is 6. The summed E-state index contributed by atoms with van der Waals surface area (Å²) in [6.07, 6.45) is 9.20. The number of nitrogens with zero attached hydrogens (tertiary/aromatic N) is 2. The Labute approximate surface area is 111 Å². The molecule has 1 aromatic rings. The van der Waals surface area contributed by atoms with Gasteiger partial charge in [0.2, 0.25) is 0 Å². The summed E-state index contributed by atoms with van der Waals surface area (Å²) in [4.78, 5) is 0. The molecule has 0 bridgehead atoms. The first kappa shape index (κ1) is 13.6. The lowest BCUT2D eigenvalue weighted by molar-refractivity contribution is 0.397. The molecule has 0 aliphatic heterocycles. The van der Waals surface area contributed by atoms with Gasteiger partial charge in [0.25, 0.3) is 0 Å². The molecule has 1 aliphatic rings. The Kier molecular flexibility index (Phi) is 4.81. The van der Waals surface area contributed by atoms with Crippen LogP contribution < -0.4 is 5.32 Å². The van der Waals surface area contributed by atoms with Crippen molar-refractivity contribution in [3.63, 3.8) is 0 Å². The molecule has 102 valence electrons. The Morgan fingerprint density at radius 3 is 2.72 bits per heavy atom. The standard InChI is InChI=1S/C15H27N3/c1-4-13-10-15(18(3)17-13)11-14(16-2)9-12-7-5-6-8-12/h10,12,14,16H,4-9,11H2,1-3H3. The highest BCUT2D eigenvalue weighted by atomic mass is 15.3. The van der Waals surface area contributed by atoms with Gasteiger partial charge in [-0.25, -0.2) is 0 Å². The summed E-state index contributed by atoms with van der Waals surface area (Å²) >= 11 is 0. The maximum absolute atomic E-state index is 4.54. The summed E-state index contributed by atoms with van der Waals surface area (Å²) < 4.78 is 2.05. The van der Waals surface area contributed by atoms with Crippen LogP contribution >= 0.6 is 0 Å². The van der Waals surface area contributed by atoms with E-state index in [-0.39, 0.29) is 0 Å². The van der Waals surface area contributed by atoms with Gasteiger partial charge < -0.3 is 5.32 Å². The molecule has 0 amide bonds. The topological polar surface area (TPSA) is 29.9 Å². The maximum Gasteiger partial charge on any atom is 0.0624 e. The molecule has 3 heteroatoms. The second-order valence-corrected chi connectivity index (χ2v) is 5.68. The fraction of sp³-hybridized carbons (Fsp3) is 0.800. The van der Waals surface area contributed by atoms with Crippen LogP contribution in [-0.4, -0.2) is 22.9 Å². The normalized spacial score (nSPS) is 18.4. The zero-order valence-corrected chi connectivity index (χ0v) is 12.1. The Hall–Kier alpha value is -0.830. The Balaban J connectivity index is 1.93. The molecule has 1 heterocycles. The first-order valence-corrected chi connectivity index (χ1v) is 7.42. The van der Waals surface area contributed by atoms with E-state index in [1.165, 1.54) is 43.5 Å². The molecule has 0 saturated heterocycles. The van der Waals surface area contributed by atoms with Crippen molar-refractivity contribution in [2.75, 3.05) is 7.05 Å². The van der Waals surface area contributed by atoms with Gasteiger partial charge in [0.15, 0.2) is 0 Å². The van der Waals surface area contributed by atoms with Gasteiger partial charge in [-0.05, 0) is 31.9 Å². The fourth-order valence-electron chi connectivity index (χ4n) is 3.14. The van der Waals surface area contributed by atoms with Crippen molar-refractivity contribution >= 4 is 0 Å². The molecular weight excluding hydrogens is 222 g/mol. The zero-order chi connectivity index (χ0) is 13.0. The van der Waals surface area contributed by atoms with Crippen molar-refractivity contribution < 1.29 is 0 Å². The molecule has 1 N–H and O–H groups in total. The lowest BCUT2D eigenvalue weighted by Crippen LogP contribution is -2.30. The van der Waals surface area contributed by atoms with Crippen LogP contribution in [-0.2, 0) is 19.9 Å². The van der Waals surface area contributed by atoms with Gasteiger partial charge >= 0.3 is 0 Å². The van der Waals surface area contributed by atoms with E-state index >= 15 is 0 Å². The van der Waals surface area contributed by atoms with E-state index in [0.717, 1.165) is 18.8 Å². The van der Waals surface area contributed by atoms with Gasteiger partial charge in [0, 0.05) is 25.2 Å². The third-order valence-electron chi connectivity index (χ3n) is 4.35. The Morgan fingerprint density at radius 1 is 1.44 bits per heavy atom. The number of hydrogen-bond donors (Lipinski definition) is 1. The molecule has 1 unspecified atom stereocenters. The van der Waals surface area contributed by atoms with Crippen LogP contribution in [0.25, 0.3) is 0 Å². The van der Waals surface area contributed by atoms with Gasteiger partial charge in [0.05, 0.1) is 5.69 Å². The van der Waals surface area contributed by atoms with Crippen LogP contribution in [0, 0.1) is 5.92 Å². The molecule has 2 rings (SSSR count). The van der Waals surface area contributed by atoms with Crippen molar-refractivity contribution in [1.29, 1.82) is 0 Å². The SMILES string of the molecule is CCc1cc(CC(CC2CCCC2)NC)n(C)n1. The van der Waals surface area contributed by atoms with Crippen molar-refractivity contribution in [3.05, 3.63) is 17.5 Å². The molecule has 1 aromatic heterocycles. The van der Waals surface area contributed by atoms with E-state index in [4.69, 9.17) is 0 Å². The molecule has 0 aromatic carbocycles. The lowest BCUT2D eigenvalue weighted by Gasteiger charge is -2.20. The fourth-order valence-corrected chi connectivity index (χ4v) is 3.14. The van der Waals surface area contributed by atoms with Gasteiger partial charge in [-0.1, -0.05) is 32.6 Å². The van der Waals surface area contributed by atoms with E-state index in [1.54, 1.807) is 0 Å². The highest BCUT2D eigenvalue weighted by Gasteiger charge is 2.20. The number of aromatic nitrogens is 2. The molecule has 1 aliphatic carbocycles. The third-order valence-corrected chi connectivity index (χ3v) is 4.35. The zero-order valence-electron chi connectivity index (χ0n) is 12.1. The molecule has 1 saturated carbocycles. The van der Waals surface area contributed by atoms with Crippen LogP contribution in [0.5, 0.6) is 0 Å². The van der Waals surface area contributed by atoms with Crippen molar-refractivity contribution in [2.24, 2.45) is 13.0 Å². The summed E-state index contributed by atoms with van der Waals surface area (Å²) in [7, 11) is 4.16. The Bertz CT molecular complexity index is 364. The van der Waals surface area contributed by atoms with E-state index in [0.29, 0.717) is 6.04 Å². The number of aryl methyl sites for hydroxylation is 2.